The van der Waals surface area contributed by atoms with Crippen LogP contribution in [0.15, 0.2) is 24.3 Å². The minimum absolute atomic E-state index is 0.0823. The number of rotatable bonds is 5. The van der Waals surface area contributed by atoms with Gasteiger partial charge in [-0.15, -0.1) is 0 Å². The molecule has 4 aliphatic carbocycles. The number of benzene rings is 1. The van der Waals surface area contributed by atoms with Gasteiger partial charge in [0.05, 0.1) is 5.41 Å². The fourth-order valence-corrected chi connectivity index (χ4v) is 6.97. The second-order valence-electron chi connectivity index (χ2n) is 10.3. The van der Waals surface area contributed by atoms with Crippen LogP contribution >= 0.6 is 0 Å². The Balaban J connectivity index is 1.15. The van der Waals surface area contributed by atoms with Gasteiger partial charge in [0.1, 0.15) is 5.75 Å². The molecule has 4 saturated carbocycles. The average Bonchev–Trinajstić information content (AvgIpc) is 2.71. The quantitative estimate of drug-likeness (QED) is 0.682. The van der Waals surface area contributed by atoms with Crippen molar-refractivity contribution in [3.05, 3.63) is 29.8 Å². The van der Waals surface area contributed by atoms with Crippen LogP contribution in [0.2, 0.25) is 0 Å². The van der Waals surface area contributed by atoms with Crippen LogP contribution in [0.1, 0.15) is 44.1 Å². The van der Waals surface area contributed by atoms with Crippen LogP contribution in [0.5, 0.6) is 5.75 Å². The lowest BCUT2D eigenvalue weighted by atomic mass is 9.49. The molecule has 1 heterocycles. The Bertz CT molecular complexity index is 782. The molecule has 0 unspecified atom stereocenters. The van der Waals surface area contributed by atoms with Crippen LogP contribution in [-0.4, -0.2) is 54.7 Å². The topological polar surface area (TPSA) is 32.8 Å². The molecule has 1 aromatic carbocycles. The van der Waals surface area contributed by atoms with Gasteiger partial charge in [-0.05, 0) is 74.0 Å². The second-order valence-corrected chi connectivity index (χ2v) is 10.3. The number of amides is 1. The van der Waals surface area contributed by atoms with E-state index in [0.717, 1.165) is 68.8 Å². The number of alkyl halides is 3. The highest BCUT2D eigenvalue weighted by Crippen LogP contribution is 2.60. The predicted molar refractivity (Wildman–Crippen MR) is 110 cm³/mol. The molecule has 7 heteroatoms. The van der Waals surface area contributed by atoms with Crippen molar-refractivity contribution in [1.82, 2.24) is 9.80 Å². The van der Waals surface area contributed by atoms with E-state index in [1.807, 2.05) is 6.07 Å². The first-order valence-corrected chi connectivity index (χ1v) is 11.6. The zero-order valence-corrected chi connectivity index (χ0v) is 17.9. The van der Waals surface area contributed by atoms with Crippen molar-refractivity contribution in [3.63, 3.8) is 0 Å². The largest absolute Gasteiger partial charge is 0.484 e. The van der Waals surface area contributed by atoms with Gasteiger partial charge in [0.25, 0.3) is 0 Å². The summed E-state index contributed by atoms with van der Waals surface area (Å²) in [5, 5.41) is 0. The smallest absolute Gasteiger partial charge is 0.422 e. The summed E-state index contributed by atoms with van der Waals surface area (Å²) < 4.78 is 42.0. The van der Waals surface area contributed by atoms with E-state index in [9.17, 15) is 18.0 Å². The fraction of sp³-hybridized carbons (Fsp3) is 0.708. The summed E-state index contributed by atoms with van der Waals surface area (Å²) in [5.41, 5.74) is 0.849. The molecule has 6 rings (SSSR count). The standard InChI is InChI=1S/C24H31F3N2O2/c25-24(26,27)16-31-21-3-1-2-17(11-21)15-28-4-6-29(7-5-28)22(30)23-12-18-8-19(13-23)10-20(9-18)14-23/h1-3,11,18-20H,4-10,12-16H2. The second kappa shape index (κ2) is 7.98. The van der Waals surface area contributed by atoms with Crippen LogP contribution in [0.4, 0.5) is 13.2 Å². The van der Waals surface area contributed by atoms with E-state index in [2.05, 4.69) is 9.80 Å². The number of carbonyl (C=O) groups is 1. The minimum Gasteiger partial charge on any atom is -0.484 e. The minimum atomic E-state index is -4.34. The SMILES string of the molecule is O=C(N1CCN(Cc2cccc(OCC(F)(F)F)c2)CC1)C12CC3CC(CC(C3)C1)C2. The molecule has 4 nitrogen and oxygen atoms in total. The van der Waals surface area contributed by atoms with Gasteiger partial charge in [0.2, 0.25) is 5.91 Å². The predicted octanol–water partition coefficient (Wildman–Crippen LogP) is 4.49. The molecule has 0 radical (unpaired) electrons. The molecular formula is C24H31F3N2O2. The van der Waals surface area contributed by atoms with Crippen molar-refractivity contribution < 1.29 is 22.7 Å². The monoisotopic (exact) mass is 436 g/mol. The van der Waals surface area contributed by atoms with Crippen molar-refractivity contribution in [2.75, 3.05) is 32.8 Å². The molecule has 170 valence electrons. The van der Waals surface area contributed by atoms with Crippen molar-refractivity contribution in [3.8, 4) is 5.75 Å². The van der Waals surface area contributed by atoms with Crippen molar-refractivity contribution in [2.24, 2.45) is 23.2 Å². The summed E-state index contributed by atoms with van der Waals surface area (Å²) in [6.45, 7) is 2.46. The summed E-state index contributed by atoms with van der Waals surface area (Å²) in [6, 6.07) is 6.87. The van der Waals surface area contributed by atoms with E-state index >= 15 is 0 Å². The molecule has 1 amide bonds. The van der Waals surface area contributed by atoms with E-state index in [1.54, 1.807) is 18.2 Å². The van der Waals surface area contributed by atoms with Gasteiger partial charge in [-0.1, -0.05) is 12.1 Å². The molecule has 5 aliphatic rings. The lowest BCUT2D eigenvalue weighted by Crippen LogP contribution is -2.58. The third-order valence-electron chi connectivity index (χ3n) is 7.86. The molecule has 1 saturated heterocycles. The summed E-state index contributed by atoms with van der Waals surface area (Å²) in [6.07, 6.45) is 2.98. The molecule has 0 spiro atoms. The fourth-order valence-electron chi connectivity index (χ4n) is 6.97. The van der Waals surface area contributed by atoms with Gasteiger partial charge in [0, 0.05) is 32.7 Å². The van der Waals surface area contributed by atoms with Crippen LogP contribution in [0.3, 0.4) is 0 Å². The van der Waals surface area contributed by atoms with Crippen LogP contribution in [0.25, 0.3) is 0 Å². The van der Waals surface area contributed by atoms with E-state index < -0.39 is 12.8 Å². The molecule has 4 bridgehead atoms. The Morgan fingerprint density at radius 1 is 1.00 bits per heavy atom. The Labute approximate surface area is 181 Å². The van der Waals surface area contributed by atoms with Crippen molar-refractivity contribution in [1.29, 1.82) is 0 Å². The molecule has 0 atom stereocenters. The van der Waals surface area contributed by atoms with Crippen molar-refractivity contribution >= 4 is 5.91 Å². The molecule has 1 aliphatic heterocycles. The van der Waals surface area contributed by atoms with Crippen LogP contribution < -0.4 is 4.74 Å². The molecular weight excluding hydrogens is 405 g/mol. The zero-order chi connectivity index (χ0) is 21.6. The van der Waals surface area contributed by atoms with Crippen LogP contribution in [-0.2, 0) is 11.3 Å². The van der Waals surface area contributed by atoms with Crippen LogP contribution in [0, 0.1) is 23.2 Å². The first-order chi connectivity index (χ1) is 14.8. The summed E-state index contributed by atoms with van der Waals surface area (Å²) in [5.74, 6) is 2.94. The number of piperazine rings is 1. The Morgan fingerprint density at radius 2 is 1.61 bits per heavy atom. The maximum atomic E-state index is 13.5. The van der Waals surface area contributed by atoms with Gasteiger partial charge in [-0.2, -0.15) is 13.2 Å². The van der Waals surface area contributed by atoms with Gasteiger partial charge in [-0.3, -0.25) is 9.69 Å². The molecule has 0 N–H and O–H groups in total. The molecule has 31 heavy (non-hydrogen) atoms. The number of carbonyl (C=O) groups excluding carboxylic acids is 1. The van der Waals surface area contributed by atoms with Crippen molar-refractivity contribution in [2.45, 2.75) is 51.2 Å². The summed E-state index contributed by atoms with van der Waals surface area (Å²) in [7, 11) is 0. The van der Waals surface area contributed by atoms with Gasteiger partial charge in [-0.25, -0.2) is 0 Å². The Kier molecular flexibility index (Phi) is 5.43. The summed E-state index contributed by atoms with van der Waals surface area (Å²) in [4.78, 5) is 17.9. The molecule has 1 aromatic rings. The Morgan fingerprint density at radius 3 is 2.19 bits per heavy atom. The van der Waals surface area contributed by atoms with Gasteiger partial charge < -0.3 is 9.64 Å². The lowest BCUT2D eigenvalue weighted by molar-refractivity contribution is -0.159. The maximum absolute atomic E-state index is 13.5. The lowest BCUT2D eigenvalue weighted by Gasteiger charge is -2.57. The first kappa shape index (κ1) is 21.1. The maximum Gasteiger partial charge on any atom is 0.422 e. The Hall–Kier alpha value is -1.76. The number of ether oxygens (including phenoxy) is 1. The molecule has 5 fully saturated rings. The number of hydrogen-bond donors (Lipinski definition) is 0. The van der Waals surface area contributed by atoms with E-state index in [-0.39, 0.29) is 11.2 Å². The summed E-state index contributed by atoms with van der Waals surface area (Å²) >= 11 is 0. The highest BCUT2D eigenvalue weighted by molar-refractivity contribution is 5.83. The van der Waals surface area contributed by atoms with Gasteiger partial charge in [0.15, 0.2) is 6.61 Å². The highest BCUT2D eigenvalue weighted by Gasteiger charge is 2.55. The zero-order valence-electron chi connectivity index (χ0n) is 17.9. The third-order valence-corrected chi connectivity index (χ3v) is 7.86. The van der Waals surface area contributed by atoms with Gasteiger partial charge >= 0.3 is 6.18 Å². The van der Waals surface area contributed by atoms with E-state index in [4.69, 9.17) is 4.74 Å². The van der Waals surface area contributed by atoms with E-state index in [1.165, 1.54) is 19.3 Å². The third kappa shape index (κ3) is 4.57. The van der Waals surface area contributed by atoms with E-state index in [0.29, 0.717) is 12.5 Å². The number of halogens is 3. The average molecular weight is 437 g/mol. The number of nitrogens with zero attached hydrogens (tertiary/aromatic N) is 2. The number of hydrogen-bond acceptors (Lipinski definition) is 3. The first-order valence-electron chi connectivity index (χ1n) is 11.6. The highest BCUT2D eigenvalue weighted by atomic mass is 19.4. The molecule has 0 aromatic heterocycles. The normalized spacial score (nSPS) is 33.0.